The Bertz CT molecular complexity index is 373. The fourth-order valence-electron chi connectivity index (χ4n) is 2.43. The van der Waals surface area contributed by atoms with Crippen LogP contribution in [0.2, 0.25) is 0 Å². The molecule has 1 aromatic rings. The third-order valence-corrected chi connectivity index (χ3v) is 3.83. The summed E-state index contributed by atoms with van der Waals surface area (Å²) in [5, 5.41) is 3.62. The van der Waals surface area contributed by atoms with E-state index in [1.807, 2.05) is 0 Å². The molecule has 1 saturated heterocycles. The number of rotatable bonds is 2. The van der Waals surface area contributed by atoms with Crippen LogP contribution in [0.25, 0.3) is 0 Å². The van der Waals surface area contributed by atoms with Crippen molar-refractivity contribution in [2.75, 3.05) is 24.5 Å². The molecule has 1 fully saturated rings. The number of nitrogens with zero attached hydrogens (tertiary/aromatic N) is 1. The molecule has 0 aromatic heterocycles. The van der Waals surface area contributed by atoms with E-state index in [0.29, 0.717) is 6.04 Å². The zero-order chi connectivity index (χ0) is 12.3. The standard InChI is InChI=1S/C15H24N2/c1-4-14-11-17(9-5-8-16-14)15-7-6-12(2)13(3)10-15/h6-7,10,14,16H,4-5,8-9,11H2,1-3H3. The zero-order valence-corrected chi connectivity index (χ0v) is 11.3. The maximum atomic E-state index is 3.62. The van der Waals surface area contributed by atoms with Crippen LogP contribution in [-0.2, 0) is 0 Å². The Balaban J connectivity index is 2.16. The molecule has 0 radical (unpaired) electrons. The summed E-state index contributed by atoms with van der Waals surface area (Å²) in [4.78, 5) is 2.53. The van der Waals surface area contributed by atoms with Gasteiger partial charge in [-0.3, -0.25) is 0 Å². The lowest BCUT2D eigenvalue weighted by molar-refractivity contribution is 0.528. The number of hydrogen-bond acceptors (Lipinski definition) is 2. The van der Waals surface area contributed by atoms with Gasteiger partial charge < -0.3 is 10.2 Å². The molecule has 2 nitrogen and oxygen atoms in total. The molecule has 94 valence electrons. The summed E-state index contributed by atoms with van der Waals surface area (Å²) in [6.07, 6.45) is 2.45. The van der Waals surface area contributed by atoms with E-state index in [2.05, 4.69) is 49.2 Å². The van der Waals surface area contributed by atoms with E-state index in [9.17, 15) is 0 Å². The number of benzene rings is 1. The van der Waals surface area contributed by atoms with Gasteiger partial charge in [0.25, 0.3) is 0 Å². The maximum absolute atomic E-state index is 3.62. The van der Waals surface area contributed by atoms with Crippen LogP contribution in [0.15, 0.2) is 18.2 Å². The molecule has 0 bridgehead atoms. The molecular weight excluding hydrogens is 208 g/mol. The molecule has 17 heavy (non-hydrogen) atoms. The third-order valence-electron chi connectivity index (χ3n) is 3.83. The molecule has 1 N–H and O–H groups in total. The van der Waals surface area contributed by atoms with E-state index in [1.165, 1.54) is 36.2 Å². The largest absolute Gasteiger partial charge is 0.370 e. The molecule has 1 aliphatic heterocycles. The molecule has 1 heterocycles. The molecule has 1 unspecified atom stereocenters. The fourth-order valence-corrected chi connectivity index (χ4v) is 2.43. The minimum absolute atomic E-state index is 0.638. The highest BCUT2D eigenvalue weighted by Gasteiger charge is 2.16. The van der Waals surface area contributed by atoms with Gasteiger partial charge in [0.2, 0.25) is 0 Å². The van der Waals surface area contributed by atoms with Gasteiger partial charge in [-0.1, -0.05) is 13.0 Å². The SMILES string of the molecule is CCC1CN(c2ccc(C)c(C)c2)CCCN1. The number of hydrogen-bond donors (Lipinski definition) is 1. The summed E-state index contributed by atoms with van der Waals surface area (Å²) in [5.41, 5.74) is 4.16. The van der Waals surface area contributed by atoms with Crippen molar-refractivity contribution < 1.29 is 0 Å². The number of anilines is 1. The van der Waals surface area contributed by atoms with Crippen molar-refractivity contribution in [3.05, 3.63) is 29.3 Å². The highest BCUT2D eigenvalue weighted by Crippen LogP contribution is 2.20. The van der Waals surface area contributed by atoms with Gasteiger partial charge in [0.15, 0.2) is 0 Å². The number of aryl methyl sites for hydroxylation is 2. The highest BCUT2D eigenvalue weighted by atomic mass is 15.2. The van der Waals surface area contributed by atoms with Crippen molar-refractivity contribution in [3.63, 3.8) is 0 Å². The van der Waals surface area contributed by atoms with Gasteiger partial charge in [-0.2, -0.15) is 0 Å². The minimum atomic E-state index is 0.638. The minimum Gasteiger partial charge on any atom is -0.370 e. The average Bonchev–Trinajstić information content (AvgIpc) is 2.58. The quantitative estimate of drug-likeness (QED) is 0.843. The molecular formula is C15H24N2. The summed E-state index contributed by atoms with van der Waals surface area (Å²) >= 11 is 0. The Kier molecular flexibility index (Phi) is 4.06. The van der Waals surface area contributed by atoms with E-state index in [1.54, 1.807) is 0 Å². The van der Waals surface area contributed by atoms with Crippen LogP contribution in [0.3, 0.4) is 0 Å². The summed E-state index contributed by atoms with van der Waals surface area (Å²) in [6, 6.07) is 7.47. The predicted octanol–water partition coefficient (Wildman–Crippen LogP) is 2.88. The first kappa shape index (κ1) is 12.4. The molecule has 0 spiro atoms. The summed E-state index contributed by atoms with van der Waals surface area (Å²) in [6.45, 7) is 10.1. The van der Waals surface area contributed by atoms with Gasteiger partial charge in [-0.05, 0) is 56.5 Å². The predicted molar refractivity (Wildman–Crippen MR) is 74.8 cm³/mol. The zero-order valence-electron chi connectivity index (χ0n) is 11.3. The maximum Gasteiger partial charge on any atom is 0.0369 e. The molecule has 0 amide bonds. The highest BCUT2D eigenvalue weighted by molar-refractivity contribution is 5.50. The van der Waals surface area contributed by atoms with Crippen LogP contribution in [0, 0.1) is 13.8 Å². The summed E-state index contributed by atoms with van der Waals surface area (Å²) in [5.74, 6) is 0. The average molecular weight is 232 g/mol. The molecule has 1 aromatic carbocycles. The lowest BCUT2D eigenvalue weighted by atomic mass is 10.1. The monoisotopic (exact) mass is 232 g/mol. The smallest absolute Gasteiger partial charge is 0.0369 e. The van der Waals surface area contributed by atoms with Crippen LogP contribution in [0.5, 0.6) is 0 Å². The van der Waals surface area contributed by atoms with E-state index >= 15 is 0 Å². The Morgan fingerprint density at radius 3 is 2.82 bits per heavy atom. The molecule has 2 rings (SSSR count). The lowest BCUT2D eigenvalue weighted by Crippen LogP contribution is -2.37. The van der Waals surface area contributed by atoms with Crippen LogP contribution in [-0.4, -0.2) is 25.7 Å². The van der Waals surface area contributed by atoms with Crippen molar-refractivity contribution >= 4 is 5.69 Å². The second-order valence-corrected chi connectivity index (χ2v) is 5.13. The summed E-state index contributed by atoms with van der Waals surface area (Å²) in [7, 11) is 0. The van der Waals surface area contributed by atoms with Gasteiger partial charge in [-0.15, -0.1) is 0 Å². The van der Waals surface area contributed by atoms with E-state index < -0.39 is 0 Å². The lowest BCUT2D eigenvalue weighted by Gasteiger charge is -2.26. The second-order valence-electron chi connectivity index (χ2n) is 5.13. The topological polar surface area (TPSA) is 15.3 Å². The molecule has 0 aliphatic carbocycles. The van der Waals surface area contributed by atoms with Crippen molar-refractivity contribution in [2.45, 2.75) is 39.7 Å². The van der Waals surface area contributed by atoms with Gasteiger partial charge in [0.05, 0.1) is 0 Å². The van der Waals surface area contributed by atoms with E-state index in [4.69, 9.17) is 0 Å². The molecule has 1 aliphatic rings. The molecule has 2 heteroatoms. The molecule has 0 saturated carbocycles. The Morgan fingerprint density at radius 1 is 1.29 bits per heavy atom. The fraction of sp³-hybridized carbons (Fsp3) is 0.600. The van der Waals surface area contributed by atoms with Crippen molar-refractivity contribution in [1.29, 1.82) is 0 Å². The van der Waals surface area contributed by atoms with Crippen LogP contribution >= 0.6 is 0 Å². The van der Waals surface area contributed by atoms with Crippen LogP contribution in [0.1, 0.15) is 30.9 Å². The Labute approximate surface area is 105 Å². The van der Waals surface area contributed by atoms with Gasteiger partial charge >= 0.3 is 0 Å². The third kappa shape index (κ3) is 3.01. The van der Waals surface area contributed by atoms with Gasteiger partial charge in [0, 0.05) is 24.8 Å². The first-order valence-corrected chi connectivity index (χ1v) is 6.76. The summed E-state index contributed by atoms with van der Waals surface area (Å²) < 4.78 is 0. The van der Waals surface area contributed by atoms with Gasteiger partial charge in [0.1, 0.15) is 0 Å². The Morgan fingerprint density at radius 2 is 2.12 bits per heavy atom. The normalized spacial score (nSPS) is 21.4. The van der Waals surface area contributed by atoms with Crippen molar-refractivity contribution in [2.24, 2.45) is 0 Å². The van der Waals surface area contributed by atoms with Crippen LogP contribution in [0.4, 0.5) is 5.69 Å². The number of nitrogens with one attached hydrogen (secondary N) is 1. The first-order valence-electron chi connectivity index (χ1n) is 6.76. The van der Waals surface area contributed by atoms with Crippen molar-refractivity contribution in [1.82, 2.24) is 5.32 Å². The van der Waals surface area contributed by atoms with Crippen molar-refractivity contribution in [3.8, 4) is 0 Å². The van der Waals surface area contributed by atoms with Gasteiger partial charge in [-0.25, -0.2) is 0 Å². The second kappa shape index (κ2) is 5.54. The molecule has 1 atom stereocenters. The van der Waals surface area contributed by atoms with E-state index in [-0.39, 0.29) is 0 Å². The Hall–Kier alpha value is -1.02. The van der Waals surface area contributed by atoms with Crippen LogP contribution < -0.4 is 10.2 Å². The first-order chi connectivity index (χ1) is 8.20. The van der Waals surface area contributed by atoms with E-state index in [0.717, 1.165) is 13.1 Å².